The Morgan fingerprint density at radius 2 is 1.62 bits per heavy atom. The van der Waals surface area contributed by atoms with E-state index in [1.54, 1.807) is 0 Å². The maximum Gasteiger partial charge on any atom is 0.240 e. The van der Waals surface area contributed by atoms with E-state index in [1.165, 1.54) is 31.2 Å². The third-order valence-corrected chi connectivity index (χ3v) is 5.89. The third kappa shape index (κ3) is 5.91. The van der Waals surface area contributed by atoms with Gasteiger partial charge in [-0.15, -0.1) is 12.4 Å². The van der Waals surface area contributed by atoms with Gasteiger partial charge in [-0.25, -0.2) is 21.6 Å². The van der Waals surface area contributed by atoms with E-state index >= 15 is 0 Å². The maximum absolute atomic E-state index is 12.0. The lowest BCUT2D eigenvalue weighted by Gasteiger charge is -2.08. The average molecular weight is 357 g/mol. The van der Waals surface area contributed by atoms with Crippen LogP contribution in [0.25, 0.3) is 0 Å². The Morgan fingerprint density at radius 1 is 1.00 bits per heavy atom. The van der Waals surface area contributed by atoms with Gasteiger partial charge in [0.25, 0.3) is 0 Å². The molecule has 0 saturated carbocycles. The molecule has 0 unspecified atom stereocenters. The summed E-state index contributed by atoms with van der Waals surface area (Å²) >= 11 is 0. The molecule has 0 heterocycles. The zero-order valence-electron chi connectivity index (χ0n) is 12.0. The molecule has 0 aliphatic heterocycles. The first-order valence-electron chi connectivity index (χ1n) is 6.36. The zero-order valence-corrected chi connectivity index (χ0v) is 14.4. The number of sulfonamides is 1. The van der Waals surface area contributed by atoms with Crippen molar-refractivity contribution in [3.05, 3.63) is 24.3 Å². The second-order valence-electron chi connectivity index (χ2n) is 4.13. The molecular formula is C12H21ClN2O4S2. The lowest BCUT2D eigenvalue weighted by molar-refractivity contribution is 0.577. The van der Waals surface area contributed by atoms with E-state index in [0.29, 0.717) is 6.54 Å². The van der Waals surface area contributed by atoms with Crippen LogP contribution < -0.4 is 10.0 Å². The summed E-state index contributed by atoms with van der Waals surface area (Å²) in [6.45, 7) is 4.97. The molecule has 0 aromatic heterocycles. The van der Waals surface area contributed by atoms with Crippen LogP contribution in [0.5, 0.6) is 0 Å². The summed E-state index contributed by atoms with van der Waals surface area (Å²) in [5, 5.41) is 2.99. The number of sulfone groups is 1. The van der Waals surface area contributed by atoms with Gasteiger partial charge in [0.1, 0.15) is 0 Å². The topological polar surface area (TPSA) is 92.3 Å². The van der Waals surface area contributed by atoms with Crippen LogP contribution in [0.1, 0.15) is 13.8 Å². The first-order valence-corrected chi connectivity index (χ1v) is 9.50. The van der Waals surface area contributed by atoms with Gasteiger partial charge in [-0.1, -0.05) is 19.9 Å². The SMILES string of the molecule is CCNCCNS(=O)(=O)c1cccc(S(=O)(=O)CC)c1.Cl. The Bertz CT molecular complexity index is 645. The summed E-state index contributed by atoms with van der Waals surface area (Å²) in [5.74, 6) is -0.0651. The molecule has 0 amide bonds. The summed E-state index contributed by atoms with van der Waals surface area (Å²) in [4.78, 5) is -0.0157. The van der Waals surface area contributed by atoms with Crippen molar-refractivity contribution in [3.63, 3.8) is 0 Å². The van der Waals surface area contributed by atoms with E-state index < -0.39 is 19.9 Å². The molecule has 0 radical (unpaired) electrons. The van der Waals surface area contributed by atoms with Crippen molar-refractivity contribution in [2.24, 2.45) is 0 Å². The molecule has 0 aliphatic rings. The second kappa shape index (κ2) is 8.70. The van der Waals surface area contributed by atoms with Crippen molar-refractivity contribution in [2.45, 2.75) is 23.6 Å². The highest BCUT2D eigenvalue weighted by molar-refractivity contribution is 7.91. The normalized spacial score (nSPS) is 11.9. The first-order chi connectivity index (χ1) is 9.33. The summed E-state index contributed by atoms with van der Waals surface area (Å²) in [6, 6.07) is 5.40. The molecule has 0 spiro atoms. The van der Waals surface area contributed by atoms with Gasteiger partial charge in [0, 0.05) is 13.1 Å². The Balaban J connectivity index is 0.00000400. The molecule has 2 N–H and O–H groups in total. The van der Waals surface area contributed by atoms with Crippen LogP contribution in [-0.4, -0.2) is 42.2 Å². The van der Waals surface area contributed by atoms with Gasteiger partial charge in [-0.3, -0.25) is 0 Å². The van der Waals surface area contributed by atoms with Crippen LogP contribution in [0.15, 0.2) is 34.1 Å². The quantitative estimate of drug-likeness (QED) is 0.672. The van der Waals surface area contributed by atoms with Crippen molar-refractivity contribution in [1.82, 2.24) is 10.0 Å². The smallest absolute Gasteiger partial charge is 0.240 e. The van der Waals surface area contributed by atoms with Crippen LogP contribution in [-0.2, 0) is 19.9 Å². The van der Waals surface area contributed by atoms with Crippen molar-refractivity contribution >= 4 is 32.3 Å². The van der Waals surface area contributed by atoms with Gasteiger partial charge in [-0.2, -0.15) is 0 Å². The Hall–Kier alpha value is -0.670. The third-order valence-electron chi connectivity index (χ3n) is 2.70. The summed E-state index contributed by atoms with van der Waals surface area (Å²) in [7, 11) is -7.10. The number of likely N-dealkylation sites (N-methyl/N-ethyl adjacent to an activating group) is 1. The van der Waals surface area contributed by atoms with Gasteiger partial charge in [0.05, 0.1) is 15.5 Å². The minimum atomic E-state index is -3.69. The van der Waals surface area contributed by atoms with Crippen molar-refractivity contribution < 1.29 is 16.8 Å². The molecule has 1 rings (SSSR count). The van der Waals surface area contributed by atoms with Crippen molar-refractivity contribution in [1.29, 1.82) is 0 Å². The molecule has 0 atom stereocenters. The second-order valence-corrected chi connectivity index (χ2v) is 8.17. The number of halogens is 1. The van der Waals surface area contributed by atoms with Crippen LogP contribution in [0.3, 0.4) is 0 Å². The van der Waals surface area contributed by atoms with E-state index in [1.807, 2.05) is 6.92 Å². The minimum Gasteiger partial charge on any atom is -0.316 e. The molecule has 6 nitrogen and oxygen atoms in total. The Morgan fingerprint density at radius 3 is 2.19 bits per heavy atom. The average Bonchev–Trinajstić information content (AvgIpc) is 2.44. The standard InChI is InChI=1S/C12H20N2O4S2.ClH/c1-3-13-8-9-14-20(17,18)12-7-5-6-11(10-12)19(15,16)4-2;/h5-7,10,13-14H,3-4,8-9H2,1-2H3;1H. The number of hydrogen-bond donors (Lipinski definition) is 2. The molecule has 0 bridgehead atoms. The summed E-state index contributed by atoms with van der Waals surface area (Å²) < 4.78 is 50.0. The molecule has 0 fully saturated rings. The van der Waals surface area contributed by atoms with Gasteiger partial charge in [-0.05, 0) is 24.7 Å². The van der Waals surface area contributed by atoms with Crippen molar-refractivity contribution in [2.75, 3.05) is 25.4 Å². The fourth-order valence-corrected chi connectivity index (χ4v) is 3.61. The monoisotopic (exact) mass is 356 g/mol. The number of nitrogens with one attached hydrogen (secondary N) is 2. The predicted octanol–water partition coefficient (Wildman–Crippen LogP) is 0.790. The number of hydrogen-bond acceptors (Lipinski definition) is 5. The van der Waals surface area contributed by atoms with E-state index in [9.17, 15) is 16.8 Å². The molecule has 1 aromatic carbocycles. The van der Waals surface area contributed by atoms with Gasteiger partial charge in [0.2, 0.25) is 10.0 Å². The van der Waals surface area contributed by atoms with E-state index in [4.69, 9.17) is 0 Å². The molecule has 9 heteroatoms. The lowest BCUT2D eigenvalue weighted by atomic mass is 10.4. The highest BCUT2D eigenvalue weighted by Crippen LogP contribution is 2.16. The predicted molar refractivity (Wildman–Crippen MR) is 85.1 cm³/mol. The zero-order chi connectivity index (χ0) is 15.2. The van der Waals surface area contributed by atoms with Crippen LogP contribution in [0.2, 0.25) is 0 Å². The Labute approximate surface area is 132 Å². The first kappa shape index (κ1) is 20.3. The molecule has 1 aromatic rings. The van der Waals surface area contributed by atoms with Gasteiger partial charge in [0.15, 0.2) is 9.84 Å². The van der Waals surface area contributed by atoms with E-state index in [2.05, 4.69) is 10.0 Å². The molecule has 122 valence electrons. The number of rotatable bonds is 8. The highest BCUT2D eigenvalue weighted by Gasteiger charge is 2.17. The number of benzene rings is 1. The summed E-state index contributed by atoms with van der Waals surface area (Å²) in [6.07, 6.45) is 0. The van der Waals surface area contributed by atoms with Crippen LogP contribution in [0.4, 0.5) is 0 Å². The van der Waals surface area contributed by atoms with Crippen molar-refractivity contribution in [3.8, 4) is 0 Å². The van der Waals surface area contributed by atoms with Crippen LogP contribution in [0, 0.1) is 0 Å². The minimum absolute atomic E-state index is 0. The Kier molecular flexibility index (Phi) is 8.42. The van der Waals surface area contributed by atoms with Gasteiger partial charge < -0.3 is 5.32 Å². The lowest BCUT2D eigenvalue weighted by Crippen LogP contribution is -2.31. The molecular weight excluding hydrogens is 336 g/mol. The van der Waals surface area contributed by atoms with Gasteiger partial charge >= 0.3 is 0 Å². The van der Waals surface area contributed by atoms with E-state index in [0.717, 1.165) is 6.54 Å². The fourth-order valence-electron chi connectivity index (χ4n) is 1.54. The molecule has 0 aliphatic carbocycles. The summed E-state index contributed by atoms with van der Waals surface area (Å²) in [5.41, 5.74) is 0. The highest BCUT2D eigenvalue weighted by atomic mass is 35.5. The molecule has 0 saturated heterocycles. The largest absolute Gasteiger partial charge is 0.316 e. The molecule has 21 heavy (non-hydrogen) atoms. The maximum atomic E-state index is 12.0. The van der Waals surface area contributed by atoms with Crippen LogP contribution >= 0.6 is 12.4 Å². The van der Waals surface area contributed by atoms with E-state index in [-0.39, 0.29) is 34.5 Å². The fraction of sp³-hybridized carbons (Fsp3) is 0.500.